The molecule has 2 N–H and O–H groups in total. The average Bonchev–Trinajstić information content (AvgIpc) is 2.58. The lowest BCUT2D eigenvalue weighted by atomic mass is 10.3. The standard InChI is InChI=1S/C6H4BrN3OS/c7-6-5(9-2-12-6)3-1-4(8)11-10-3/h1-2H,8H2. The molecule has 0 amide bonds. The van der Waals surface area contributed by atoms with Crippen molar-refractivity contribution in [1.29, 1.82) is 0 Å². The SMILES string of the molecule is Nc1cc(-c2ncsc2Br)no1. The molecule has 0 unspecified atom stereocenters. The number of nitrogens with two attached hydrogens (primary N) is 1. The highest BCUT2D eigenvalue weighted by Crippen LogP contribution is 2.29. The van der Waals surface area contributed by atoms with E-state index in [0.29, 0.717) is 11.6 Å². The third-order valence-electron chi connectivity index (χ3n) is 1.30. The van der Waals surface area contributed by atoms with Gasteiger partial charge in [-0.15, -0.1) is 11.3 Å². The molecule has 0 fully saturated rings. The van der Waals surface area contributed by atoms with Crippen molar-refractivity contribution in [3.05, 3.63) is 15.4 Å². The minimum atomic E-state index is 0.296. The van der Waals surface area contributed by atoms with Crippen molar-refractivity contribution < 1.29 is 4.52 Å². The van der Waals surface area contributed by atoms with Crippen LogP contribution in [0.25, 0.3) is 11.4 Å². The minimum absolute atomic E-state index is 0.296. The van der Waals surface area contributed by atoms with Crippen molar-refractivity contribution >= 4 is 33.2 Å². The summed E-state index contributed by atoms with van der Waals surface area (Å²) in [7, 11) is 0. The maximum absolute atomic E-state index is 5.37. The number of hydrogen-bond acceptors (Lipinski definition) is 5. The van der Waals surface area contributed by atoms with E-state index in [1.807, 2.05) is 0 Å². The Labute approximate surface area is 80.5 Å². The van der Waals surface area contributed by atoms with Gasteiger partial charge in [-0.05, 0) is 15.9 Å². The molecule has 2 aromatic rings. The summed E-state index contributed by atoms with van der Waals surface area (Å²) >= 11 is 4.84. The van der Waals surface area contributed by atoms with Gasteiger partial charge in [0.25, 0.3) is 0 Å². The zero-order valence-corrected chi connectivity index (χ0v) is 8.22. The quantitative estimate of drug-likeness (QED) is 0.837. The van der Waals surface area contributed by atoms with E-state index in [1.165, 1.54) is 11.3 Å². The number of halogens is 1. The van der Waals surface area contributed by atoms with Crippen LogP contribution in [0.4, 0.5) is 5.88 Å². The molecule has 0 bridgehead atoms. The molecule has 2 rings (SSSR count). The molecule has 0 saturated carbocycles. The van der Waals surface area contributed by atoms with E-state index in [0.717, 1.165) is 9.48 Å². The number of nitrogens with zero attached hydrogens (tertiary/aromatic N) is 2. The van der Waals surface area contributed by atoms with E-state index in [2.05, 4.69) is 26.1 Å². The van der Waals surface area contributed by atoms with Crippen LogP contribution in [-0.2, 0) is 0 Å². The molecule has 0 aliphatic carbocycles. The number of aromatic nitrogens is 2. The average molecular weight is 246 g/mol. The predicted octanol–water partition coefficient (Wildman–Crippen LogP) is 2.14. The molecular formula is C6H4BrN3OS. The maximum atomic E-state index is 5.37. The van der Waals surface area contributed by atoms with Crippen LogP contribution in [0.15, 0.2) is 19.9 Å². The second kappa shape index (κ2) is 2.87. The fourth-order valence-corrected chi connectivity index (χ4v) is 1.88. The smallest absolute Gasteiger partial charge is 0.222 e. The summed E-state index contributed by atoms with van der Waals surface area (Å²) in [4.78, 5) is 4.09. The summed E-state index contributed by atoms with van der Waals surface area (Å²) in [6.07, 6.45) is 0. The fraction of sp³-hybridized carbons (Fsp3) is 0. The first-order valence-corrected chi connectivity index (χ1v) is 4.76. The van der Waals surface area contributed by atoms with E-state index in [9.17, 15) is 0 Å². The number of rotatable bonds is 1. The number of hydrogen-bond donors (Lipinski definition) is 1. The Kier molecular flexibility index (Phi) is 1.86. The van der Waals surface area contributed by atoms with Crippen LogP contribution >= 0.6 is 27.3 Å². The molecule has 0 aliphatic heterocycles. The lowest BCUT2D eigenvalue weighted by Gasteiger charge is -1.85. The zero-order valence-electron chi connectivity index (χ0n) is 5.82. The van der Waals surface area contributed by atoms with Gasteiger partial charge in [0.05, 0.1) is 9.30 Å². The van der Waals surface area contributed by atoms with E-state index in [-0.39, 0.29) is 0 Å². The molecule has 12 heavy (non-hydrogen) atoms. The highest BCUT2D eigenvalue weighted by molar-refractivity contribution is 9.11. The first-order valence-electron chi connectivity index (χ1n) is 3.09. The summed E-state index contributed by atoms with van der Waals surface area (Å²) in [5.41, 5.74) is 8.51. The molecule has 0 atom stereocenters. The predicted molar refractivity (Wildman–Crippen MR) is 49.7 cm³/mol. The first kappa shape index (κ1) is 7.75. The third kappa shape index (κ3) is 1.23. The number of anilines is 1. The monoisotopic (exact) mass is 245 g/mol. The van der Waals surface area contributed by atoms with Gasteiger partial charge in [-0.1, -0.05) is 5.16 Å². The number of nitrogen functional groups attached to an aromatic ring is 1. The second-order valence-electron chi connectivity index (χ2n) is 2.09. The maximum Gasteiger partial charge on any atom is 0.222 e. The Bertz CT molecular complexity index is 397. The van der Waals surface area contributed by atoms with Gasteiger partial charge >= 0.3 is 0 Å². The van der Waals surface area contributed by atoms with Crippen molar-refractivity contribution in [2.45, 2.75) is 0 Å². The third-order valence-corrected chi connectivity index (χ3v) is 2.84. The molecule has 62 valence electrons. The van der Waals surface area contributed by atoms with Crippen molar-refractivity contribution in [3.63, 3.8) is 0 Å². The van der Waals surface area contributed by atoms with Crippen molar-refractivity contribution in [3.8, 4) is 11.4 Å². The lowest BCUT2D eigenvalue weighted by molar-refractivity contribution is 0.439. The minimum Gasteiger partial charge on any atom is -0.368 e. The topological polar surface area (TPSA) is 64.9 Å². The largest absolute Gasteiger partial charge is 0.368 e. The van der Waals surface area contributed by atoms with Crippen LogP contribution in [0.2, 0.25) is 0 Å². The normalized spacial score (nSPS) is 10.4. The van der Waals surface area contributed by atoms with E-state index < -0.39 is 0 Å². The Morgan fingerprint density at radius 2 is 2.42 bits per heavy atom. The van der Waals surface area contributed by atoms with Gasteiger partial charge in [0.15, 0.2) is 0 Å². The van der Waals surface area contributed by atoms with Gasteiger partial charge < -0.3 is 10.3 Å². The fourth-order valence-electron chi connectivity index (χ4n) is 0.800. The van der Waals surface area contributed by atoms with E-state index in [1.54, 1.807) is 11.6 Å². The molecular weight excluding hydrogens is 242 g/mol. The van der Waals surface area contributed by atoms with E-state index in [4.69, 9.17) is 10.3 Å². The van der Waals surface area contributed by atoms with Crippen molar-refractivity contribution in [1.82, 2.24) is 10.1 Å². The second-order valence-corrected chi connectivity index (χ2v) is 4.26. The summed E-state index contributed by atoms with van der Waals surface area (Å²) < 4.78 is 5.64. The van der Waals surface area contributed by atoms with Gasteiger partial charge in [-0.25, -0.2) is 4.98 Å². The van der Waals surface area contributed by atoms with Crippen LogP contribution in [0.3, 0.4) is 0 Å². The Morgan fingerprint density at radius 1 is 1.58 bits per heavy atom. The molecule has 2 heterocycles. The zero-order chi connectivity index (χ0) is 8.55. The molecule has 0 aliphatic rings. The number of thiazole rings is 1. The molecule has 6 heteroatoms. The van der Waals surface area contributed by atoms with Crippen LogP contribution in [0, 0.1) is 0 Å². The Balaban J connectivity index is 2.50. The molecule has 0 aromatic carbocycles. The van der Waals surface area contributed by atoms with Crippen molar-refractivity contribution in [2.24, 2.45) is 0 Å². The highest BCUT2D eigenvalue weighted by atomic mass is 79.9. The summed E-state index contributed by atoms with van der Waals surface area (Å²) in [6.45, 7) is 0. The first-order chi connectivity index (χ1) is 5.77. The molecule has 2 aromatic heterocycles. The molecule has 0 saturated heterocycles. The van der Waals surface area contributed by atoms with Crippen LogP contribution in [0.5, 0.6) is 0 Å². The van der Waals surface area contributed by atoms with Gasteiger partial charge in [0.2, 0.25) is 5.88 Å². The van der Waals surface area contributed by atoms with Gasteiger partial charge in [0, 0.05) is 6.07 Å². The van der Waals surface area contributed by atoms with E-state index >= 15 is 0 Å². The van der Waals surface area contributed by atoms with Crippen LogP contribution in [-0.4, -0.2) is 10.1 Å². The van der Waals surface area contributed by atoms with Crippen LogP contribution < -0.4 is 5.73 Å². The molecule has 0 radical (unpaired) electrons. The van der Waals surface area contributed by atoms with Gasteiger partial charge in [-0.3, -0.25) is 0 Å². The van der Waals surface area contributed by atoms with Gasteiger partial charge in [0.1, 0.15) is 11.4 Å². The summed E-state index contributed by atoms with van der Waals surface area (Å²) in [6, 6.07) is 1.64. The summed E-state index contributed by atoms with van der Waals surface area (Å²) in [5.74, 6) is 0.296. The molecule has 0 spiro atoms. The Hall–Kier alpha value is -0.880. The summed E-state index contributed by atoms with van der Waals surface area (Å²) in [5, 5.41) is 3.73. The lowest BCUT2D eigenvalue weighted by Crippen LogP contribution is -1.77. The highest BCUT2D eigenvalue weighted by Gasteiger charge is 2.10. The van der Waals surface area contributed by atoms with Crippen molar-refractivity contribution in [2.75, 3.05) is 5.73 Å². The molecule has 4 nitrogen and oxygen atoms in total. The van der Waals surface area contributed by atoms with Crippen LogP contribution in [0.1, 0.15) is 0 Å². The van der Waals surface area contributed by atoms with Gasteiger partial charge in [-0.2, -0.15) is 0 Å². The Morgan fingerprint density at radius 3 is 2.92 bits per heavy atom.